The molecule has 0 amide bonds. The molecule has 6 nitrogen and oxygen atoms in total. The van der Waals surface area contributed by atoms with E-state index in [4.69, 9.17) is 0 Å². The van der Waals surface area contributed by atoms with Gasteiger partial charge in [0.05, 0.1) is 0 Å². The average molecular weight is 284 g/mol. The van der Waals surface area contributed by atoms with Gasteiger partial charge in [-0.15, -0.1) is 0 Å². The Hall–Kier alpha value is -0.240. The van der Waals surface area contributed by atoms with Crippen molar-refractivity contribution in [2.75, 3.05) is 91.6 Å². The van der Waals surface area contributed by atoms with Gasteiger partial charge in [0.1, 0.15) is 0 Å². The first-order chi connectivity index (χ1) is 9.95. The van der Waals surface area contributed by atoms with Crippen molar-refractivity contribution in [2.45, 2.75) is 0 Å². The molecule has 2 aliphatic heterocycles. The van der Waals surface area contributed by atoms with Gasteiger partial charge >= 0.3 is 0 Å². The molecule has 2 saturated heterocycles. The molecule has 0 saturated carbocycles. The lowest BCUT2D eigenvalue weighted by Crippen LogP contribution is -2.47. The third-order valence-corrected chi connectivity index (χ3v) is 4.11. The largest absolute Gasteiger partial charge is 0.314 e. The number of nitrogens with zero attached hydrogens (tertiary/aromatic N) is 2. The molecule has 0 aromatic rings. The molecule has 2 fully saturated rings. The van der Waals surface area contributed by atoms with Crippen LogP contribution in [0.4, 0.5) is 0 Å². The van der Waals surface area contributed by atoms with E-state index in [-0.39, 0.29) is 0 Å². The molecule has 118 valence electrons. The molecular formula is C14H32N6. The molecule has 6 heteroatoms. The van der Waals surface area contributed by atoms with Gasteiger partial charge in [-0.2, -0.15) is 0 Å². The van der Waals surface area contributed by atoms with Gasteiger partial charge in [-0.25, -0.2) is 0 Å². The molecule has 4 N–H and O–H groups in total. The summed E-state index contributed by atoms with van der Waals surface area (Å²) in [5, 5.41) is 14.1. The third kappa shape index (κ3) is 6.97. The Balaban J connectivity index is 1.86. The molecule has 20 heavy (non-hydrogen) atoms. The number of fused-ring (bicyclic) bond motifs is 3. The first-order valence-electron chi connectivity index (χ1n) is 8.23. The topological polar surface area (TPSA) is 54.6 Å². The van der Waals surface area contributed by atoms with E-state index in [0.717, 1.165) is 78.5 Å². The van der Waals surface area contributed by atoms with Crippen LogP contribution in [0.2, 0.25) is 0 Å². The predicted octanol–water partition coefficient (Wildman–Crippen LogP) is -2.02. The SMILES string of the molecule is C1CNCCN2CCNCCNCCN(CCN1)CC2. The van der Waals surface area contributed by atoms with E-state index in [1.807, 2.05) is 0 Å². The number of rotatable bonds is 0. The fourth-order valence-corrected chi connectivity index (χ4v) is 2.76. The van der Waals surface area contributed by atoms with E-state index >= 15 is 0 Å². The second kappa shape index (κ2) is 10.5. The standard InChI is InChI=1S/C14H32N6/c1-2-16-6-10-20-12-8-18-4-3-17-7-11-19(13-14-20)9-5-15-1/h15-18H,1-14H2. The Morgan fingerprint density at radius 2 is 0.650 bits per heavy atom. The normalized spacial score (nSPS) is 32.4. The van der Waals surface area contributed by atoms with Crippen LogP contribution in [0, 0.1) is 0 Å². The summed E-state index contributed by atoms with van der Waals surface area (Å²) in [4.78, 5) is 5.19. The molecule has 0 aromatic heterocycles. The van der Waals surface area contributed by atoms with Gasteiger partial charge in [0.15, 0.2) is 0 Å². The Morgan fingerprint density at radius 1 is 0.350 bits per heavy atom. The quantitative estimate of drug-likeness (QED) is 0.412. The lowest BCUT2D eigenvalue weighted by molar-refractivity contribution is 0.198. The van der Waals surface area contributed by atoms with Crippen LogP contribution < -0.4 is 21.3 Å². The highest BCUT2D eigenvalue weighted by Crippen LogP contribution is 1.93. The van der Waals surface area contributed by atoms with Crippen molar-refractivity contribution in [1.82, 2.24) is 31.1 Å². The van der Waals surface area contributed by atoms with Gasteiger partial charge in [0.25, 0.3) is 0 Å². The van der Waals surface area contributed by atoms with Crippen molar-refractivity contribution in [3.05, 3.63) is 0 Å². The molecule has 0 aromatic carbocycles. The maximum atomic E-state index is 3.52. The van der Waals surface area contributed by atoms with E-state index in [1.54, 1.807) is 0 Å². The van der Waals surface area contributed by atoms with Gasteiger partial charge in [0, 0.05) is 91.6 Å². The van der Waals surface area contributed by atoms with E-state index in [1.165, 1.54) is 13.1 Å². The second-order valence-electron chi connectivity index (χ2n) is 5.68. The van der Waals surface area contributed by atoms with Crippen molar-refractivity contribution in [1.29, 1.82) is 0 Å². The highest BCUT2D eigenvalue weighted by Gasteiger charge is 2.10. The van der Waals surface area contributed by atoms with Crippen molar-refractivity contribution < 1.29 is 0 Å². The van der Waals surface area contributed by atoms with Crippen LogP contribution in [0.5, 0.6) is 0 Å². The van der Waals surface area contributed by atoms with Gasteiger partial charge in [0.2, 0.25) is 0 Å². The zero-order valence-electron chi connectivity index (χ0n) is 12.8. The lowest BCUT2D eigenvalue weighted by atomic mass is 10.3. The van der Waals surface area contributed by atoms with Gasteiger partial charge < -0.3 is 21.3 Å². The Morgan fingerprint density at radius 3 is 0.950 bits per heavy atom. The minimum atomic E-state index is 1.08. The molecule has 0 unspecified atom stereocenters. The summed E-state index contributed by atoms with van der Waals surface area (Å²) in [5.41, 5.74) is 0. The third-order valence-electron chi connectivity index (χ3n) is 4.11. The zero-order valence-corrected chi connectivity index (χ0v) is 12.8. The molecule has 2 aliphatic rings. The van der Waals surface area contributed by atoms with Gasteiger partial charge in [-0.1, -0.05) is 0 Å². The molecule has 0 atom stereocenters. The fourth-order valence-electron chi connectivity index (χ4n) is 2.76. The number of nitrogens with one attached hydrogen (secondary N) is 4. The molecule has 2 heterocycles. The summed E-state index contributed by atoms with van der Waals surface area (Å²) in [6, 6.07) is 0. The second-order valence-corrected chi connectivity index (χ2v) is 5.68. The van der Waals surface area contributed by atoms with Crippen LogP contribution in [0.25, 0.3) is 0 Å². The summed E-state index contributed by atoms with van der Waals surface area (Å²) < 4.78 is 0. The van der Waals surface area contributed by atoms with Crippen molar-refractivity contribution in [3.63, 3.8) is 0 Å². The Kier molecular flexibility index (Phi) is 8.46. The molecule has 2 rings (SSSR count). The van der Waals surface area contributed by atoms with Crippen molar-refractivity contribution in [2.24, 2.45) is 0 Å². The summed E-state index contributed by atoms with van der Waals surface area (Å²) >= 11 is 0. The zero-order chi connectivity index (χ0) is 13.9. The summed E-state index contributed by atoms with van der Waals surface area (Å²) in [6.45, 7) is 15.7. The summed E-state index contributed by atoms with van der Waals surface area (Å²) in [7, 11) is 0. The van der Waals surface area contributed by atoms with Crippen LogP contribution in [-0.4, -0.2) is 101 Å². The highest BCUT2D eigenvalue weighted by atomic mass is 15.2. The first-order valence-corrected chi connectivity index (χ1v) is 8.23. The molecule has 0 aliphatic carbocycles. The monoisotopic (exact) mass is 284 g/mol. The first kappa shape index (κ1) is 16.1. The molecular weight excluding hydrogens is 252 g/mol. The summed E-state index contributed by atoms with van der Waals surface area (Å²) in [5.74, 6) is 0. The van der Waals surface area contributed by atoms with E-state index in [2.05, 4.69) is 31.1 Å². The lowest BCUT2D eigenvalue weighted by Gasteiger charge is -2.29. The fraction of sp³-hybridized carbons (Fsp3) is 1.00. The van der Waals surface area contributed by atoms with Crippen LogP contribution in [0.3, 0.4) is 0 Å². The number of hydrogen-bond acceptors (Lipinski definition) is 6. The van der Waals surface area contributed by atoms with Crippen LogP contribution in [-0.2, 0) is 0 Å². The van der Waals surface area contributed by atoms with Crippen LogP contribution in [0.1, 0.15) is 0 Å². The van der Waals surface area contributed by atoms with Crippen molar-refractivity contribution in [3.8, 4) is 0 Å². The highest BCUT2D eigenvalue weighted by molar-refractivity contribution is 4.70. The Bertz CT molecular complexity index is 194. The average Bonchev–Trinajstić information content (AvgIpc) is 2.44. The van der Waals surface area contributed by atoms with Crippen LogP contribution in [0.15, 0.2) is 0 Å². The molecule has 0 spiro atoms. The maximum absolute atomic E-state index is 3.52. The summed E-state index contributed by atoms with van der Waals surface area (Å²) in [6.07, 6.45) is 0. The van der Waals surface area contributed by atoms with E-state index in [0.29, 0.717) is 0 Å². The van der Waals surface area contributed by atoms with Crippen molar-refractivity contribution >= 4 is 0 Å². The minimum absolute atomic E-state index is 1.08. The Labute approximate surface area is 123 Å². The maximum Gasteiger partial charge on any atom is 0.0110 e. The van der Waals surface area contributed by atoms with Crippen LogP contribution >= 0.6 is 0 Å². The van der Waals surface area contributed by atoms with E-state index in [9.17, 15) is 0 Å². The number of hydrogen-bond donors (Lipinski definition) is 4. The smallest absolute Gasteiger partial charge is 0.0110 e. The predicted molar refractivity (Wildman–Crippen MR) is 84.4 cm³/mol. The molecule has 0 radical (unpaired) electrons. The molecule has 2 bridgehead atoms. The van der Waals surface area contributed by atoms with Gasteiger partial charge in [-0.05, 0) is 0 Å². The van der Waals surface area contributed by atoms with E-state index < -0.39 is 0 Å². The minimum Gasteiger partial charge on any atom is -0.314 e. The van der Waals surface area contributed by atoms with Gasteiger partial charge in [-0.3, -0.25) is 9.80 Å².